The molecule has 4 saturated carbocycles. The number of carbonyl (C=O) groups is 3. The van der Waals surface area contributed by atoms with Crippen molar-refractivity contribution in [2.24, 2.45) is 17.8 Å². The number of ether oxygens (including phenoxy) is 1. The Balaban J connectivity index is 1.27. The Kier molecular flexibility index (Phi) is 5.48. The number of aliphatic carboxylic acids is 1. The third-order valence-electron chi connectivity index (χ3n) is 6.65. The molecule has 29 heavy (non-hydrogen) atoms. The predicted molar refractivity (Wildman–Crippen MR) is 105 cm³/mol. The fourth-order valence-corrected chi connectivity index (χ4v) is 5.92. The molecule has 1 aromatic carbocycles. The monoisotopic (exact) mass is 400 g/mol. The van der Waals surface area contributed by atoms with Crippen LogP contribution in [0.2, 0.25) is 0 Å². The minimum atomic E-state index is -1.18. The first-order valence-electron chi connectivity index (χ1n) is 10.5. The molecule has 2 amide bonds. The van der Waals surface area contributed by atoms with Crippen LogP contribution in [-0.4, -0.2) is 34.7 Å². The van der Waals surface area contributed by atoms with Gasteiger partial charge in [0.25, 0.3) is 0 Å². The molecule has 7 heteroatoms. The lowest BCUT2D eigenvalue weighted by Crippen LogP contribution is -2.60. The molecule has 7 nitrogen and oxygen atoms in total. The molecule has 4 fully saturated rings. The molecule has 1 aromatic rings. The zero-order valence-electron chi connectivity index (χ0n) is 16.4. The van der Waals surface area contributed by atoms with E-state index in [1.807, 2.05) is 0 Å². The van der Waals surface area contributed by atoms with Gasteiger partial charge in [-0.15, -0.1) is 0 Å². The van der Waals surface area contributed by atoms with Gasteiger partial charge in [0.2, 0.25) is 5.91 Å². The number of amides is 2. The molecule has 4 bridgehead atoms. The molecular formula is C22H28N2O5. The van der Waals surface area contributed by atoms with Crippen molar-refractivity contribution in [2.45, 2.75) is 62.9 Å². The highest BCUT2D eigenvalue weighted by Crippen LogP contribution is 2.55. The Hall–Kier alpha value is -2.57. The summed E-state index contributed by atoms with van der Waals surface area (Å²) >= 11 is 0. The molecule has 0 saturated heterocycles. The standard InChI is InChI=1S/C22H28N2O5/c25-19(24-22-11-14-8-15(12-22)10-16(9-14)13-22)7-6-18(20(26)27)23-21(28)29-17-4-2-1-3-5-17/h1-5,14-16,18H,6-13H2,(H,23,28)(H,24,25)(H,26,27)/t14?,15?,16?,18-,22?/m0/s1. The Bertz CT molecular complexity index is 743. The number of rotatable bonds is 7. The van der Waals surface area contributed by atoms with E-state index in [-0.39, 0.29) is 24.3 Å². The second-order valence-electron chi connectivity index (χ2n) is 9.02. The lowest BCUT2D eigenvalue weighted by Gasteiger charge is -2.57. The Labute approximate surface area is 170 Å². The molecule has 1 atom stereocenters. The second-order valence-corrected chi connectivity index (χ2v) is 9.02. The third kappa shape index (κ3) is 4.71. The summed E-state index contributed by atoms with van der Waals surface area (Å²) < 4.78 is 5.08. The summed E-state index contributed by atoms with van der Waals surface area (Å²) in [5, 5.41) is 15.0. The SMILES string of the molecule is O=C(CC[C@H](NC(=O)Oc1ccccc1)C(=O)O)NC12CC3CC(CC(C3)C1)C2. The van der Waals surface area contributed by atoms with E-state index in [1.54, 1.807) is 30.3 Å². The Morgan fingerprint density at radius 3 is 2.17 bits per heavy atom. The normalized spacial score (nSPS) is 30.4. The van der Waals surface area contributed by atoms with Crippen molar-refractivity contribution in [1.29, 1.82) is 0 Å². The maximum atomic E-state index is 12.6. The number of carboxylic acid groups (broad SMARTS) is 1. The number of benzene rings is 1. The van der Waals surface area contributed by atoms with Gasteiger partial charge in [-0.05, 0) is 74.8 Å². The second kappa shape index (κ2) is 8.05. The molecular weight excluding hydrogens is 372 g/mol. The molecule has 4 aliphatic rings. The van der Waals surface area contributed by atoms with Crippen molar-refractivity contribution in [1.82, 2.24) is 10.6 Å². The molecule has 0 aromatic heterocycles. The van der Waals surface area contributed by atoms with E-state index >= 15 is 0 Å². The number of hydrogen-bond donors (Lipinski definition) is 3. The summed E-state index contributed by atoms with van der Waals surface area (Å²) in [7, 11) is 0. The van der Waals surface area contributed by atoms with Crippen LogP contribution >= 0.6 is 0 Å². The van der Waals surface area contributed by atoms with Crippen LogP contribution in [0.1, 0.15) is 51.4 Å². The lowest BCUT2D eigenvalue weighted by atomic mass is 9.53. The fraction of sp³-hybridized carbons (Fsp3) is 0.591. The highest BCUT2D eigenvalue weighted by molar-refractivity contribution is 5.82. The van der Waals surface area contributed by atoms with Crippen LogP contribution in [0.3, 0.4) is 0 Å². The van der Waals surface area contributed by atoms with Gasteiger partial charge in [-0.3, -0.25) is 4.79 Å². The molecule has 3 N–H and O–H groups in total. The van der Waals surface area contributed by atoms with E-state index in [4.69, 9.17) is 4.74 Å². The summed E-state index contributed by atoms with van der Waals surface area (Å²) in [6.45, 7) is 0. The topological polar surface area (TPSA) is 105 Å². The number of carboxylic acids is 1. The zero-order chi connectivity index (χ0) is 20.4. The quantitative estimate of drug-likeness (QED) is 0.652. The summed E-state index contributed by atoms with van der Waals surface area (Å²) in [5.74, 6) is 1.19. The van der Waals surface area contributed by atoms with Crippen molar-refractivity contribution in [3.8, 4) is 5.75 Å². The first-order valence-corrected chi connectivity index (χ1v) is 10.5. The molecule has 0 spiro atoms. The van der Waals surface area contributed by atoms with Crippen LogP contribution in [0.15, 0.2) is 30.3 Å². The van der Waals surface area contributed by atoms with Crippen molar-refractivity contribution >= 4 is 18.0 Å². The number of carbonyl (C=O) groups excluding carboxylic acids is 2. The van der Waals surface area contributed by atoms with Crippen LogP contribution in [0.4, 0.5) is 4.79 Å². The van der Waals surface area contributed by atoms with Gasteiger partial charge in [-0.25, -0.2) is 9.59 Å². The van der Waals surface area contributed by atoms with Gasteiger partial charge in [0.15, 0.2) is 0 Å². The molecule has 5 rings (SSSR count). The van der Waals surface area contributed by atoms with Gasteiger partial charge in [0.1, 0.15) is 11.8 Å². The van der Waals surface area contributed by atoms with Crippen molar-refractivity contribution in [2.75, 3.05) is 0 Å². The van der Waals surface area contributed by atoms with Crippen LogP contribution < -0.4 is 15.4 Å². The average Bonchev–Trinajstić information content (AvgIpc) is 2.64. The molecule has 4 aliphatic carbocycles. The fourth-order valence-electron chi connectivity index (χ4n) is 5.92. The molecule has 0 heterocycles. The van der Waals surface area contributed by atoms with Crippen molar-refractivity contribution < 1.29 is 24.2 Å². The lowest BCUT2D eigenvalue weighted by molar-refractivity contribution is -0.139. The molecule has 0 radical (unpaired) electrons. The van der Waals surface area contributed by atoms with Gasteiger partial charge < -0.3 is 20.5 Å². The van der Waals surface area contributed by atoms with E-state index in [1.165, 1.54) is 19.3 Å². The van der Waals surface area contributed by atoms with Crippen LogP contribution in [0, 0.1) is 17.8 Å². The summed E-state index contributed by atoms with van der Waals surface area (Å²) in [4.78, 5) is 36.1. The summed E-state index contributed by atoms with van der Waals surface area (Å²) in [6.07, 6.45) is 6.28. The first-order chi connectivity index (χ1) is 13.9. The number of hydrogen-bond acceptors (Lipinski definition) is 4. The zero-order valence-corrected chi connectivity index (χ0v) is 16.4. The van der Waals surface area contributed by atoms with Crippen LogP contribution in [0.25, 0.3) is 0 Å². The first kappa shape index (κ1) is 19.7. The van der Waals surface area contributed by atoms with Crippen LogP contribution in [-0.2, 0) is 9.59 Å². The minimum Gasteiger partial charge on any atom is -0.480 e. The highest BCUT2D eigenvalue weighted by Gasteiger charge is 2.51. The smallest absolute Gasteiger partial charge is 0.413 e. The van der Waals surface area contributed by atoms with Gasteiger partial charge in [-0.1, -0.05) is 18.2 Å². The number of nitrogens with one attached hydrogen (secondary N) is 2. The van der Waals surface area contributed by atoms with Gasteiger partial charge in [-0.2, -0.15) is 0 Å². The van der Waals surface area contributed by atoms with E-state index in [2.05, 4.69) is 10.6 Å². The summed E-state index contributed by atoms with van der Waals surface area (Å²) in [6, 6.07) is 7.25. The largest absolute Gasteiger partial charge is 0.480 e. The van der Waals surface area contributed by atoms with Crippen molar-refractivity contribution in [3.05, 3.63) is 30.3 Å². The molecule has 156 valence electrons. The Morgan fingerprint density at radius 2 is 1.62 bits per heavy atom. The van der Waals surface area contributed by atoms with Crippen molar-refractivity contribution in [3.63, 3.8) is 0 Å². The molecule has 0 aliphatic heterocycles. The minimum absolute atomic E-state index is 0.0252. The average molecular weight is 400 g/mol. The maximum absolute atomic E-state index is 12.6. The van der Waals surface area contributed by atoms with Crippen LogP contribution in [0.5, 0.6) is 5.75 Å². The maximum Gasteiger partial charge on any atom is 0.413 e. The third-order valence-corrected chi connectivity index (χ3v) is 6.65. The van der Waals surface area contributed by atoms with Gasteiger partial charge in [0, 0.05) is 12.0 Å². The highest BCUT2D eigenvalue weighted by atomic mass is 16.6. The van der Waals surface area contributed by atoms with Gasteiger partial charge in [0.05, 0.1) is 0 Å². The van der Waals surface area contributed by atoms with E-state index < -0.39 is 18.1 Å². The van der Waals surface area contributed by atoms with Gasteiger partial charge >= 0.3 is 12.1 Å². The number of para-hydroxylation sites is 1. The van der Waals surface area contributed by atoms with E-state index in [0.29, 0.717) is 5.75 Å². The predicted octanol–water partition coefficient (Wildman–Crippen LogP) is 3.09. The Morgan fingerprint density at radius 1 is 1.03 bits per heavy atom. The molecule has 0 unspecified atom stereocenters. The van der Waals surface area contributed by atoms with E-state index in [9.17, 15) is 19.5 Å². The summed E-state index contributed by atoms with van der Waals surface area (Å²) in [5.41, 5.74) is -0.0930. The van der Waals surface area contributed by atoms with E-state index in [0.717, 1.165) is 37.0 Å².